The molecule has 4 nitrogen and oxygen atoms in total. The molecule has 0 aliphatic carbocycles. The van der Waals surface area contributed by atoms with Crippen molar-refractivity contribution in [3.8, 4) is 0 Å². The molecule has 0 amide bonds. The summed E-state index contributed by atoms with van der Waals surface area (Å²) in [5.74, 6) is -0.239. The molecule has 0 radical (unpaired) electrons. The normalized spacial score (nSPS) is 12.2. The van der Waals surface area contributed by atoms with E-state index < -0.39 is 5.97 Å². The largest absolute Gasteiger partial charge is 0.478 e. The summed E-state index contributed by atoms with van der Waals surface area (Å²) < 4.78 is 0. The maximum absolute atomic E-state index is 11.1. The van der Waals surface area contributed by atoms with Gasteiger partial charge >= 0.3 is 5.97 Å². The molecule has 0 aliphatic rings. The number of nitrogens with zero attached hydrogens (tertiary/aromatic N) is 1. The minimum atomic E-state index is -0.903. The third-order valence-corrected chi connectivity index (χ3v) is 3.93. The number of anilines is 1. The molecule has 0 aliphatic heterocycles. The van der Waals surface area contributed by atoms with Gasteiger partial charge in [0.15, 0.2) is 0 Å². The topological polar surface area (TPSA) is 62.2 Å². The monoisotopic (exact) mass is 282 g/mol. The van der Waals surface area contributed by atoms with Crippen LogP contribution in [0.15, 0.2) is 12.1 Å². The van der Waals surface area contributed by atoms with E-state index in [0.29, 0.717) is 16.6 Å². The first kappa shape index (κ1) is 15.8. The van der Waals surface area contributed by atoms with Crippen LogP contribution in [-0.4, -0.2) is 34.1 Å². The first-order valence-corrected chi connectivity index (χ1v) is 7.86. The Bertz CT molecular complexity index is 424. The molecule has 1 rings (SSSR count). The summed E-state index contributed by atoms with van der Waals surface area (Å²) in [6.45, 7) is 5.04. The lowest BCUT2D eigenvalue weighted by Crippen LogP contribution is -2.10. The van der Waals surface area contributed by atoms with Crippen molar-refractivity contribution >= 4 is 23.5 Å². The summed E-state index contributed by atoms with van der Waals surface area (Å²) in [4.78, 5) is 15.5. The van der Waals surface area contributed by atoms with Crippen LogP contribution in [0.5, 0.6) is 0 Å². The molecular formula is C14H22N2O2S. The number of carboxylic acid groups (broad SMARTS) is 1. The van der Waals surface area contributed by atoms with Crippen LogP contribution in [-0.2, 0) is 6.42 Å². The van der Waals surface area contributed by atoms with E-state index in [4.69, 9.17) is 5.11 Å². The summed E-state index contributed by atoms with van der Waals surface area (Å²) in [7, 11) is 0. The predicted octanol–water partition coefficient (Wildman–Crippen LogP) is 3.29. The number of aromatic carboxylic acids is 1. The third kappa shape index (κ3) is 5.51. The second-order valence-electron chi connectivity index (χ2n) is 4.55. The van der Waals surface area contributed by atoms with Crippen molar-refractivity contribution in [2.45, 2.75) is 38.4 Å². The number of nitrogens with one attached hydrogen (secondary N) is 1. The fourth-order valence-corrected chi connectivity index (χ4v) is 2.06. The van der Waals surface area contributed by atoms with E-state index >= 15 is 0 Å². The Morgan fingerprint density at radius 1 is 1.53 bits per heavy atom. The van der Waals surface area contributed by atoms with E-state index in [9.17, 15) is 4.79 Å². The average molecular weight is 282 g/mol. The number of aryl methyl sites for hydroxylation is 1. The number of rotatable bonds is 8. The van der Waals surface area contributed by atoms with Gasteiger partial charge in [0.1, 0.15) is 5.82 Å². The lowest BCUT2D eigenvalue weighted by molar-refractivity contribution is 0.0696. The van der Waals surface area contributed by atoms with E-state index in [1.807, 2.05) is 11.8 Å². The standard InChI is InChI=1S/C14H22N2O2S/c1-4-5-12-8-11(14(17)18)9-13(16-12)15-7-6-10(2)19-3/h8-10H,4-7H2,1-3H3,(H,15,16)(H,17,18). The van der Waals surface area contributed by atoms with Crippen molar-refractivity contribution in [2.75, 3.05) is 18.1 Å². The average Bonchev–Trinajstić information content (AvgIpc) is 2.38. The molecule has 106 valence electrons. The van der Waals surface area contributed by atoms with Crippen LogP contribution in [0.1, 0.15) is 42.7 Å². The van der Waals surface area contributed by atoms with Gasteiger partial charge in [0.2, 0.25) is 0 Å². The van der Waals surface area contributed by atoms with E-state index in [1.54, 1.807) is 12.1 Å². The Labute approximate surface area is 119 Å². The van der Waals surface area contributed by atoms with E-state index in [2.05, 4.69) is 30.4 Å². The molecule has 1 atom stereocenters. The molecule has 0 bridgehead atoms. The molecule has 0 saturated carbocycles. The van der Waals surface area contributed by atoms with Crippen LogP contribution in [0, 0.1) is 0 Å². The van der Waals surface area contributed by atoms with Crippen molar-refractivity contribution in [3.63, 3.8) is 0 Å². The number of thioether (sulfide) groups is 1. The molecule has 5 heteroatoms. The maximum atomic E-state index is 11.1. The zero-order valence-corrected chi connectivity index (χ0v) is 12.6. The zero-order valence-electron chi connectivity index (χ0n) is 11.8. The highest BCUT2D eigenvalue weighted by Gasteiger charge is 2.08. The first-order valence-electron chi connectivity index (χ1n) is 6.57. The summed E-state index contributed by atoms with van der Waals surface area (Å²) in [6.07, 6.45) is 4.88. The van der Waals surface area contributed by atoms with Crippen molar-refractivity contribution in [2.24, 2.45) is 0 Å². The van der Waals surface area contributed by atoms with Gasteiger partial charge in [-0.05, 0) is 31.2 Å². The number of carbonyl (C=O) groups is 1. The Hall–Kier alpha value is -1.23. The molecule has 1 unspecified atom stereocenters. The molecule has 0 spiro atoms. The molecule has 1 aromatic rings. The van der Waals surface area contributed by atoms with Crippen molar-refractivity contribution in [1.82, 2.24) is 4.98 Å². The zero-order chi connectivity index (χ0) is 14.3. The summed E-state index contributed by atoms with van der Waals surface area (Å²) in [5, 5.41) is 12.9. The maximum Gasteiger partial charge on any atom is 0.335 e. The molecule has 0 saturated heterocycles. The van der Waals surface area contributed by atoms with Crippen LogP contribution in [0.25, 0.3) is 0 Å². The second kappa shape index (κ2) is 8.04. The quantitative estimate of drug-likeness (QED) is 0.766. The third-order valence-electron chi connectivity index (χ3n) is 2.89. The van der Waals surface area contributed by atoms with Gasteiger partial charge in [0.25, 0.3) is 0 Å². The van der Waals surface area contributed by atoms with Crippen LogP contribution in [0.4, 0.5) is 5.82 Å². The first-order chi connectivity index (χ1) is 9.06. The van der Waals surface area contributed by atoms with Crippen molar-refractivity contribution in [3.05, 3.63) is 23.4 Å². The van der Waals surface area contributed by atoms with E-state index in [1.165, 1.54) is 0 Å². The lowest BCUT2D eigenvalue weighted by atomic mass is 10.1. The summed E-state index contributed by atoms with van der Waals surface area (Å²) >= 11 is 1.82. The van der Waals surface area contributed by atoms with Gasteiger partial charge < -0.3 is 10.4 Å². The number of hydrogen-bond donors (Lipinski definition) is 2. The highest BCUT2D eigenvalue weighted by Crippen LogP contribution is 2.14. The lowest BCUT2D eigenvalue weighted by Gasteiger charge is -2.11. The predicted molar refractivity (Wildman–Crippen MR) is 81.3 cm³/mol. The molecule has 1 heterocycles. The Morgan fingerprint density at radius 3 is 2.84 bits per heavy atom. The van der Waals surface area contributed by atoms with E-state index in [0.717, 1.165) is 31.5 Å². The van der Waals surface area contributed by atoms with Gasteiger partial charge in [-0.15, -0.1) is 0 Å². The highest BCUT2D eigenvalue weighted by molar-refractivity contribution is 7.99. The SMILES string of the molecule is CCCc1cc(C(=O)O)cc(NCCC(C)SC)n1. The van der Waals surface area contributed by atoms with Gasteiger partial charge in [0.05, 0.1) is 5.56 Å². The smallest absolute Gasteiger partial charge is 0.335 e. The fraction of sp³-hybridized carbons (Fsp3) is 0.571. The molecule has 2 N–H and O–H groups in total. The fourth-order valence-electron chi connectivity index (χ4n) is 1.71. The second-order valence-corrected chi connectivity index (χ2v) is 5.83. The Balaban J connectivity index is 2.73. The molecule has 0 fully saturated rings. The van der Waals surface area contributed by atoms with Gasteiger partial charge in [0, 0.05) is 17.5 Å². The van der Waals surface area contributed by atoms with Crippen LogP contribution in [0.3, 0.4) is 0 Å². The van der Waals surface area contributed by atoms with Crippen molar-refractivity contribution < 1.29 is 9.90 Å². The van der Waals surface area contributed by atoms with Gasteiger partial charge in [-0.1, -0.05) is 20.3 Å². The van der Waals surface area contributed by atoms with E-state index in [-0.39, 0.29) is 0 Å². The number of carboxylic acids is 1. The van der Waals surface area contributed by atoms with Gasteiger partial charge in [-0.25, -0.2) is 9.78 Å². The Kier molecular flexibility index (Phi) is 6.70. The molecule has 19 heavy (non-hydrogen) atoms. The number of hydrogen-bond acceptors (Lipinski definition) is 4. The van der Waals surface area contributed by atoms with Gasteiger partial charge in [-0.2, -0.15) is 11.8 Å². The number of aromatic nitrogens is 1. The minimum Gasteiger partial charge on any atom is -0.478 e. The Morgan fingerprint density at radius 2 is 2.26 bits per heavy atom. The van der Waals surface area contributed by atoms with Crippen molar-refractivity contribution in [1.29, 1.82) is 0 Å². The summed E-state index contributed by atoms with van der Waals surface area (Å²) in [5.41, 5.74) is 1.14. The highest BCUT2D eigenvalue weighted by atomic mass is 32.2. The minimum absolute atomic E-state index is 0.305. The number of pyridine rings is 1. The molecular weight excluding hydrogens is 260 g/mol. The molecule has 0 aromatic carbocycles. The van der Waals surface area contributed by atoms with Crippen LogP contribution < -0.4 is 5.32 Å². The summed E-state index contributed by atoms with van der Waals surface area (Å²) in [6, 6.07) is 3.26. The molecule has 1 aromatic heterocycles. The van der Waals surface area contributed by atoms with Gasteiger partial charge in [-0.3, -0.25) is 0 Å². The van der Waals surface area contributed by atoms with Crippen LogP contribution in [0.2, 0.25) is 0 Å². The van der Waals surface area contributed by atoms with Crippen LogP contribution >= 0.6 is 11.8 Å².